The fraction of sp³-hybridized carbons (Fsp3) is 0.471. The summed E-state index contributed by atoms with van der Waals surface area (Å²) in [5.74, 6) is -0.0797. The van der Waals surface area contributed by atoms with Crippen molar-refractivity contribution in [1.82, 2.24) is 16.2 Å². The van der Waals surface area contributed by atoms with Gasteiger partial charge < -0.3 is 4.74 Å². The highest BCUT2D eigenvalue weighted by Gasteiger charge is 2.14. The highest BCUT2D eigenvalue weighted by Crippen LogP contribution is 2.19. The molecule has 132 valence electrons. The van der Waals surface area contributed by atoms with Crippen LogP contribution in [0.15, 0.2) is 24.3 Å². The molecule has 0 spiro atoms. The number of amides is 2. The van der Waals surface area contributed by atoms with Gasteiger partial charge in [-0.2, -0.15) is 0 Å². The van der Waals surface area contributed by atoms with Gasteiger partial charge in [0.15, 0.2) is 5.11 Å². The van der Waals surface area contributed by atoms with Crippen molar-refractivity contribution in [3.63, 3.8) is 0 Å². The second kappa shape index (κ2) is 10.6. The SMILES string of the molecule is CCCCCC(=O)NNC(=S)NC(=O)c1ccccc1OC(C)C. The summed E-state index contributed by atoms with van der Waals surface area (Å²) in [6, 6.07) is 6.91. The summed E-state index contributed by atoms with van der Waals surface area (Å²) < 4.78 is 5.61. The van der Waals surface area contributed by atoms with Gasteiger partial charge in [-0.1, -0.05) is 31.9 Å². The van der Waals surface area contributed by atoms with Crippen molar-refractivity contribution in [2.24, 2.45) is 0 Å². The van der Waals surface area contributed by atoms with Gasteiger partial charge in [0, 0.05) is 6.42 Å². The van der Waals surface area contributed by atoms with Gasteiger partial charge in [0.1, 0.15) is 5.75 Å². The second-order valence-electron chi connectivity index (χ2n) is 5.58. The molecular weight excluding hydrogens is 326 g/mol. The van der Waals surface area contributed by atoms with Crippen LogP contribution in [0.1, 0.15) is 56.8 Å². The van der Waals surface area contributed by atoms with Crippen molar-refractivity contribution < 1.29 is 14.3 Å². The predicted molar refractivity (Wildman–Crippen MR) is 97.7 cm³/mol. The topological polar surface area (TPSA) is 79.5 Å². The average molecular weight is 351 g/mol. The van der Waals surface area contributed by atoms with E-state index in [1.54, 1.807) is 24.3 Å². The number of benzene rings is 1. The number of carbonyl (C=O) groups is 2. The predicted octanol–water partition coefficient (Wildman–Crippen LogP) is 2.69. The Morgan fingerprint density at radius 1 is 1.17 bits per heavy atom. The van der Waals surface area contributed by atoms with Crippen LogP contribution in [0.4, 0.5) is 0 Å². The van der Waals surface area contributed by atoms with E-state index in [-0.39, 0.29) is 17.1 Å². The molecule has 0 unspecified atom stereocenters. The van der Waals surface area contributed by atoms with E-state index < -0.39 is 5.91 Å². The largest absolute Gasteiger partial charge is 0.490 e. The molecule has 0 saturated carbocycles. The van der Waals surface area contributed by atoms with E-state index in [0.29, 0.717) is 17.7 Å². The molecule has 24 heavy (non-hydrogen) atoms. The standard InChI is InChI=1S/C17H25N3O3S/c1-4-5-6-11-15(21)19-20-17(24)18-16(22)13-9-7-8-10-14(13)23-12(2)3/h7-10,12H,4-6,11H2,1-3H3,(H,19,21)(H2,18,20,22,24). The lowest BCUT2D eigenvalue weighted by Gasteiger charge is -2.15. The third-order valence-corrected chi connectivity index (χ3v) is 3.25. The van der Waals surface area contributed by atoms with Crippen LogP contribution in [0.3, 0.4) is 0 Å². The van der Waals surface area contributed by atoms with Crippen LogP contribution >= 0.6 is 12.2 Å². The van der Waals surface area contributed by atoms with Crippen LogP contribution < -0.4 is 20.9 Å². The number of hydrogen-bond acceptors (Lipinski definition) is 4. The molecule has 7 heteroatoms. The lowest BCUT2D eigenvalue weighted by molar-refractivity contribution is -0.121. The van der Waals surface area contributed by atoms with Crippen LogP contribution in [-0.4, -0.2) is 23.0 Å². The molecule has 1 aromatic carbocycles. The van der Waals surface area contributed by atoms with Gasteiger partial charge in [0.05, 0.1) is 11.7 Å². The maximum Gasteiger partial charge on any atom is 0.261 e. The Kier molecular flexibility index (Phi) is 8.78. The normalized spacial score (nSPS) is 10.2. The lowest BCUT2D eigenvalue weighted by Crippen LogP contribution is -2.48. The number of nitrogens with one attached hydrogen (secondary N) is 3. The maximum atomic E-state index is 12.3. The molecule has 2 amide bonds. The van der Waals surface area contributed by atoms with Crippen LogP contribution in [-0.2, 0) is 4.79 Å². The number of hydrazine groups is 1. The molecule has 0 aliphatic heterocycles. The van der Waals surface area contributed by atoms with Crippen molar-refractivity contribution in [3.05, 3.63) is 29.8 Å². The molecule has 1 aromatic rings. The summed E-state index contributed by atoms with van der Waals surface area (Å²) in [6.45, 7) is 5.84. The Balaban J connectivity index is 2.50. The molecule has 0 aromatic heterocycles. The number of para-hydroxylation sites is 1. The van der Waals surface area contributed by atoms with Gasteiger partial charge in [-0.25, -0.2) is 0 Å². The maximum absolute atomic E-state index is 12.3. The lowest BCUT2D eigenvalue weighted by atomic mass is 10.2. The fourth-order valence-electron chi connectivity index (χ4n) is 1.94. The second-order valence-corrected chi connectivity index (χ2v) is 5.98. The molecule has 0 bridgehead atoms. The van der Waals surface area contributed by atoms with Crippen molar-refractivity contribution in [3.8, 4) is 5.75 Å². The summed E-state index contributed by atoms with van der Waals surface area (Å²) in [5, 5.41) is 2.55. The van der Waals surface area contributed by atoms with Crippen molar-refractivity contribution in [2.75, 3.05) is 0 Å². The summed E-state index contributed by atoms with van der Waals surface area (Å²) in [7, 11) is 0. The first-order valence-corrected chi connectivity index (χ1v) is 8.50. The Morgan fingerprint density at radius 3 is 2.54 bits per heavy atom. The van der Waals surface area contributed by atoms with E-state index in [2.05, 4.69) is 23.1 Å². The molecule has 0 heterocycles. The third-order valence-electron chi connectivity index (χ3n) is 3.04. The Morgan fingerprint density at radius 2 is 1.88 bits per heavy atom. The van der Waals surface area contributed by atoms with Crippen LogP contribution in [0.25, 0.3) is 0 Å². The fourth-order valence-corrected chi connectivity index (χ4v) is 2.08. The molecule has 1 rings (SSSR count). The molecule has 0 fully saturated rings. The van der Waals surface area contributed by atoms with Crippen molar-refractivity contribution >= 4 is 29.1 Å². The Bertz CT molecular complexity index is 576. The molecule has 6 nitrogen and oxygen atoms in total. The van der Waals surface area contributed by atoms with E-state index in [9.17, 15) is 9.59 Å². The van der Waals surface area contributed by atoms with Crippen LogP contribution in [0.2, 0.25) is 0 Å². The Hall–Kier alpha value is -2.15. The molecule has 0 saturated heterocycles. The minimum absolute atomic E-state index is 0.0307. The molecule has 0 aliphatic rings. The zero-order chi connectivity index (χ0) is 17.9. The van der Waals surface area contributed by atoms with Crippen molar-refractivity contribution in [2.45, 2.75) is 52.6 Å². The van der Waals surface area contributed by atoms with E-state index in [4.69, 9.17) is 17.0 Å². The number of unbranched alkanes of at least 4 members (excludes halogenated alkanes) is 2. The summed E-state index contributed by atoms with van der Waals surface area (Å²) >= 11 is 5.02. The summed E-state index contributed by atoms with van der Waals surface area (Å²) in [5.41, 5.74) is 5.38. The van der Waals surface area contributed by atoms with Gasteiger partial charge in [-0.3, -0.25) is 25.8 Å². The smallest absolute Gasteiger partial charge is 0.261 e. The summed E-state index contributed by atoms with van der Waals surface area (Å²) in [6.07, 6.45) is 3.24. The monoisotopic (exact) mass is 351 g/mol. The zero-order valence-corrected chi connectivity index (χ0v) is 15.2. The number of rotatable bonds is 7. The highest BCUT2D eigenvalue weighted by atomic mass is 32.1. The number of carbonyl (C=O) groups excluding carboxylic acids is 2. The van der Waals surface area contributed by atoms with Gasteiger partial charge >= 0.3 is 0 Å². The molecule has 0 atom stereocenters. The van der Waals surface area contributed by atoms with E-state index in [1.165, 1.54) is 0 Å². The molecule has 3 N–H and O–H groups in total. The van der Waals surface area contributed by atoms with Crippen LogP contribution in [0, 0.1) is 0 Å². The summed E-state index contributed by atoms with van der Waals surface area (Å²) in [4.78, 5) is 23.9. The zero-order valence-electron chi connectivity index (χ0n) is 14.3. The van der Waals surface area contributed by atoms with E-state index in [0.717, 1.165) is 19.3 Å². The van der Waals surface area contributed by atoms with Gasteiger partial charge in [0.25, 0.3) is 5.91 Å². The minimum atomic E-state index is -0.399. The molecular formula is C17H25N3O3S. The van der Waals surface area contributed by atoms with Crippen LogP contribution in [0.5, 0.6) is 5.75 Å². The number of thiocarbonyl (C=S) groups is 1. The first-order chi connectivity index (χ1) is 11.4. The van der Waals surface area contributed by atoms with Gasteiger partial charge in [0.2, 0.25) is 5.91 Å². The van der Waals surface area contributed by atoms with E-state index in [1.807, 2.05) is 13.8 Å². The molecule has 0 aliphatic carbocycles. The average Bonchev–Trinajstić information content (AvgIpc) is 2.53. The molecule has 0 radical (unpaired) electrons. The minimum Gasteiger partial charge on any atom is -0.490 e. The quantitative estimate of drug-likeness (QED) is 0.400. The highest BCUT2D eigenvalue weighted by molar-refractivity contribution is 7.80. The number of hydrogen-bond donors (Lipinski definition) is 3. The van der Waals surface area contributed by atoms with Gasteiger partial charge in [-0.05, 0) is 44.6 Å². The first kappa shape index (κ1) is 19.9. The first-order valence-electron chi connectivity index (χ1n) is 8.09. The van der Waals surface area contributed by atoms with E-state index >= 15 is 0 Å². The Labute approximate surface area is 148 Å². The van der Waals surface area contributed by atoms with Gasteiger partial charge in [-0.15, -0.1) is 0 Å². The number of ether oxygens (including phenoxy) is 1. The third kappa shape index (κ3) is 7.41. The van der Waals surface area contributed by atoms with Crippen molar-refractivity contribution in [1.29, 1.82) is 0 Å².